The largest absolute Gasteiger partial charge is 0.507 e. The van der Waals surface area contributed by atoms with Crippen LogP contribution in [0, 0.1) is 5.92 Å². The lowest BCUT2D eigenvalue weighted by molar-refractivity contribution is 0.0776. The van der Waals surface area contributed by atoms with Crippen molar-refractivity contribution < 1.29 is 18.3 Å². The van der Waals surface area contributed by atoms with Gasteiger partial charge in [0.05, 0.1) is 11.3 Å². The minimum absolute atomic E-state index is 0.136. The second-order valence-corrected chi connectivity index (χ2v) is 8.71. The summed E-state index contributed by atoms with van der Waals surface area (Å²) in [5, 5.41) is 11.8. The molecule has 6 nitrogen and oxygen atoms in total. The highest BCUT2D eigenvalue weighted by atomic mass is 32.2. The second-order valence-electron chi connectivity index (χ2n) is 5.85. The van der Waals surface area contributed by atoms with Crippen molar-refractivity contribution >= 4 is 33.0 Å². The van der Waals surface area contributed by atoms with E-state index in [1.165, 1.54) is 29.2 Å². The molecule has 0 bridgehead atoms. The summed E-state index contributed by atoms with van der Waals surface area (Å²) in [5.41, 5.74) is 0.334. The Morgan fingerprint density at radius 1 is 1.33 bits per heavy atom. The number of nitrogens with zero attached hydrogens (tertiary/aromatic N) is 1. The second kappa shape index (κ2) is 7.23. The molecule has 1 amide bonds. The molecule has 0 unspecified atom stereocenters. The van der Waals surface area contributed by atoms with E-state index in [2.05, 4.69) is 4.72 Å². The maximum atomic E-state index is 12.3. The number of phenols is 1. The van der Waals surface area contributed by atoms with Gasteiger partial charge in [0.25, 0.3) is 15.9 Å². The summed E-state index contributed by atoms with van der Waals surface area (Å²) in [6.07, 6.45) is 0. The smallest absolute Gasteiger partial charge is 0.271 e. The number of sulfonamides is 1. The molecule has 0 saturated heterocycles. The van der Waals surface area contributed by atoms with Crippen LogP contribution in [0.25, 0.3) is 0 Å². The van der Waals surface area contributed by atoms with Crippen molar-refractivity contribution in [2.45, 2.75) is 18.1 Å². The van der Waals surface area contributed by atoms with Crippen molar-refractivity contribution in [1.29, 1.82) is 0 Å². The molecule has 24 heavy (non-hydrogen) atoms. The predicted molar refractivity (Wildman–Crippen MR) is 95.0 cm³/mol. The van der Waals surface area contributed by atoms with Crippen LogP contribution in [-0.2, 0) is 10.0 Å². The molecule has 0 aliphatic rings. The van der Waals surface area contributed by atoms with Crippen molar-refractivity contribution in [1.82, 2.24) is 4.90 Å². The summed E-state index contributed by atoms with van der Waals surface area (Å²) in [5.74, 6) is -0.270. The first-order chi connectivity index (χ1) is 11.2. The number of hydrogen-bond donors (Lipinski definition) is 2. The average Bonchev–Trinajstić information content (AvgIpc) is 3.00. The summed E-state index contributed by atoms with van der Waals surface area (Å²) in [4.78, 5) is 13.8. The third kappa shape index (κ3) is 4.27. The number of carbonyl (C=O) groups excluding carboxylic acids is 1. The van der Waals surface area contributed by atoms with Crippen LogP contribution in [0.4, 0.5) is 5.69 Å². The van der Waals surface area contributed by atoms with E-state index in [1.54, 1.807) is 18.5 Å². The lowest BCUT2D eigenvalue weighted by atomic mass is 10.1. The highest BCUT2D eigenvalue weighted by Crippen LogP contribution is 2.26. The topological polar surface area (TPSA) is 86.7 Å². The van der Waals surface area contributed by atoms with Crippen LogP contribution in [0.15, 0.2) is 39.9 Å². The van der Waals surface area contributed by atoms with Gasteiger partial charge in [-0.1, -0.05) is 19.9 Å². The molecule has 1 heterocycles. The summed E-state index contributed by atoms with van der Waals surface area (Å²) in [6.45, 7) is 4.54. The lowest BCUT2D eigenvalue weighted by Crippen LogP contribution is -2.30. The van der Waals surface area contributed by atoms with Gasteiger partial charge < -0.3 is 10.0 Å². The number of hydrogen-bond acceptors (Lipinski definition) is 5. The molecular formula is C16H20N2O4S2. The Balaban J connectivity index is 2.20. The summed E-state index contributed by atoms with van der Waals surface area (Å²) in [6, 6.07) is 7.25. The molecule has 0 saturated carbocycles. The van der Waals surface area contributed by atoms with Crippen LogP contribution >= 0.6 is 11.3 Å². The molecule has 0 atom stereocenters. The molecule has 0 fully saturated rings. The number of nitrogens with one attached hydrogen (secondary N) is 1. The molecule has 2 aromatic rings. The molecule has 0 aliphatic heterocycles. The van der Waals surface area contributed by atoms with Crippen LogP contribution in [0.1, 0.15) is 24.2 Å². The number of aromatic hydroxyl groups is 1. The lowest BCUT2D eigenvalue weighted by Gasteiger charge is -2.20. The van der Waals surface area contributed by atoms with Gasteiger partial charge in [0.1, 0.15) is 9.96 Å². The monoisotopic (exact) mass is 368 g/mol. The van der Waals surface area contributed by atoms with Gasteiger partial charge in [0.2, 0.25) is 0 Å². The van der Waals surface area contributed by atoms with Gasteiger partial charge in [-0.2, -0.15) is 0 Å². The fourth-order valence-corrected chi connectivity index (χ4v) is 4.28. The normalized spacial score (nSPS) is 11.5. The molecule has 8 heteroatoms. The Kier molecular flexibility index (Phi) is 5.51. The van der Waals surface area contributed by atoms with E-state index in [0.717, 1.165) is 11.3 Å². The highest BCUT2D eigenvalue weighted by molar-refractivity contribution is 7.94. The number of thiophene rings is 1. The Morgan fingerprint density at radius 3 is 2.58 bits per heavy atom. The van der Waals surface area contributed by atoms with Crippen LogP contribution in [0.2, 0.25) is 0 Å². The van der Waals surface area contributed by atoms with Crippen LogP contribution in [0.3, 0.4) is 0 Å². The van der Waals surface area contributed by atoms with Crippen molar-refractivity contribution in [3.63, 3.8) is 0 Å². The average molecular weight is 368 g/mol. The summed E-state index contributed by atoms with van der Waals surface area (Å²) < 4.78 is 26.9. The quantitative estimate of drug-likeness (QED) is 0.821. The Bertz CT molecular complexity index is 815. The summed E-state index contributed by atoms with van der Waals surface area (Å²) >= 11 is 1.10. The van der Waals surface area contributed by atoms with E-state index in [0.29, 0.717) is 12.5 Å². The zero-order valence-corrected chi connectivity index (χ0v) is 15.3. The number of phenolic OH excluding ortho intramolecular Hbond substituents is 1. The first kappa shape index (κ1) is 18.3. The molecule has 0 aliphatic carbocycles. The van der Waals surface area contributed by atoms with E-state index < -0.39 is 10.0 Å². The highest BCUT2D eigenvalue weighted by Gasteiger charge is 2.19. The number of rotatable bonds is 6. The molecule has 2 rings (SSSR count). The van der Waals surface area contributed by atoms with E-state index in [1.807, 2.05) is 13.8 Å². The van der Waals surface area contributed by atoms with Crippen molar-refractivity contribution in [3.8, 4) is 5.75 Å². The fourth-order valence-electron chi connectivity index (χ4n) is 2.23. The molecule has 130 valence electrons. The van der Waals surface area contributed by atoms with E-state index >= 15 is 0 Å². The number of anilines is 1. The minimum atomic E-state index is -3.69. The molecule has 2 N–H and O–H groups in total. The van der Waals surface area contributed by atoms with Crippen LogP contribution in [0.5, 0.6) is 5.75 Å². The Labute approximate surface area is 145 Å². The first-order valence-electron chi connectivity index (χ1n) is 7.35. The zero-order valence-electron chi connectivity index (χ0n) is 13.7. The van der Waals surface area contributed by atoms with E-state index in [4.69, 9.17) is 0 Å². The van der Waals surface area contributed by atoms with Gasteiger partial charge in [0, 0.05) is 19.7 Å². The van der Waals surface area contributed by atoms with Gasteiger partial charge in [-0.3, -0.25) is 9.52 Å². The Hall–Kier alpha value is -2.06. The SMILES string of the molecule is CC(C)CN(C)C(=O)c1ccc(NS(=O)(=O)c2cccs2)cc1O. The molecular weight excluding hydrogens is 348 g/mol. The minimum Gasteiger partial charge on any atom is -0.507 e. The molecule has 1 aromatic carbocycles. The number of carbonyl (C=O) groups is 1. The van der Waals surface area contributed by atoms with Crippen molar-refractivity contribution in [2.24, 2.45) is 5.92 Å². The van der Waals surface area contributed by atoms with Gasteiger partial charge in [-0.05, 0) is 29.5 Å². The third-order valence-electron chi connectivity index (χ3n) is 3.23. The van der Waals surface area contributed by atoms with Crippen LogP contribution in [-0.4, -0.2) is 37.9 Å². The van der Waals surface area contributed by atoms with E-state index in [9.17, 15) is 18.3 Å². The third-order valence-corrected chi connectivity index (χ3v) is 6.00. The maximum Gasteiger partial charge on any atom is 0.271 e. The van der Waals surface area contributed by atoms with Crippen LogP contribution < -0.4 is 4.72 Å². The van der Waals surface area contributed by atoms with Crippen molar-refractivity contribution in [3.05, 3.63) is 41.3 Å². The fraction of sp³-hybridized carbons (Fsp3) is 0.312. The van der Waals surface area contributed by atoms with Crippen molar-refractivity contribution in [2.75, 3.05) is 18.3 Å². The zero-order chi connectivity index (χ0) is 17.9. The summed E-state index contributed by atoms with van der Waals surface area (Å²) in [7, 11) is -2.03. The maximum absolute atomic E-state index is 12.3. The number of benzene rings is 1. The van der Waals surface area contributed by atoms with Gasteiger partial charge in [-0.15, -0.1) is 11.3 Å². The van der Waals surface area contributed by atoms with E-state index in [-0.39, 0.29) is 27.1 Å². The Morgan fingerprint density at radius 2 is 2.04 bits per heavy atom. The standard InChI is InChI=1S/C16H20N2O4S2/c1-11(2)10-18(3)16(20)13-7-6-12(9-14(13)19)17-24(21,22)15-5-4-8-23-15/h4-9,11,17,19H,10H2,1-3H3. The first-order valence-corrected chi connectivity index (χ1v) is 9.72. The molecule has 1 aromatic heterocycles. The van der Waals surface area contributed by atoms with Gasteiger partial charge in [0.15, 0.2) is 0 Å². The van der Waals surface area contributed by atoms with Gasteiger partial charge >= 0.3 is 0 Å². The molecule has 0 radical (unpaired) electrons. The predicted octanol–water partition coefficient (Wildman–Crippen LogP) is 2.98. The molecule has 0 spiro atoms. The number of amides is 1. The van der Waals surface area contributed by atoms with Gasteiger partial charge in [-0.25, -0.2) is 8.42 Å².